The lowest BCUT2D eigenvalue weighted by atomic mass is 9.95. The van der Waals surface area contributed by atoms with Gasteiger partial charge >= 0.3 is 0 Å². The normalized spacial score (nSPS) is 20.1. The third-order valence-electron chi connectivity index (χ3n) is 3.42. The summed E-state index contributed by atoms with van der Waals surface area (Å²) in [4.78, 5) is 11.8. The minimum atomic E-state index is -0.0311. The van der Waals surface area contributed by atoms with Gasteiger partial charge in [0.1, 0.15) is 0 Å². The van der Waals surface area contributed by atoms with Crippen LogP contribution in [0.3, 0.4) is 0 Å². The van der Waals surface area contributed by atoms with E-state index in [-0.39, 0.29) is 11.8 Å². The Morgan fingerprint density at radius 1 is 1.40 bits per heavy atom. The molecule has 1 aliphatic rings. The predicted molar refractivity (Wildman–Crippen MR) is 62.3 cm³/mol. The van der Waals surface area contributed by atoms with Crippen LogP contribution in [0.25, 0.3) is 0 Å². The largest absolute Gasteiger partial charge is 0.356 e. The molecule has 1 saturated carbocycles. The zero-order valence-electron chi connectivity index (χ0n) is 10.1. The van der Waals surface area contributed by atoms with E-state index in [0.717, 1.165) is 12.5 Å². The van der Waals surface area contributed by atoms with Crippen molar-refractivity contribution in [3.8, 4) is 0 Å². The van der Waals surface area contributed by atoms with E-state index in [9.17, 15) is 4.79 Å². The number of hydrogen-bond acceptors (Lipinski definition) is 2. The summed E-state index contributed by atoms with van der Waals surface area (Å²) in [6.45, 7) is 7.56. The van der Waals surface area contributed by atoms with Gasteiger partial charge in [0.15, 0.2) is 0 Å². The smallest absolute Gasteiger partial charge is 0.224 e. The highest BCUT2D eigenvalue weighted by Gasteiger charge is 2.28. The molecule has 15 heavy (non-hydrogen) atoms. The van der Waals surface area contributed by atoms with Crippen molar-refractivity contribution < 1.29 is 4.79 Å². The highest BCUT2D eigenvalue weighted by molar-refractivity contribution is 5.79. The molecule has 3 nitrogen and oxygen atoms in total. The molecule has 0 aliphatic heterocycles. The van der Waals surface area contributed by atoms with Crippen molar-refractivity contribution in [3.63, 3.8) is 0 Å². The van der Waals surface area contributed by atoms with Gasteiger partial charge in [-0.1, -0.05) is 20.8 Å². The van der Waals surface area contributed by atoms with Crippen molar-refractivity contribution in [2.45, 2.75) is 33.6 Å². The van der Waals surface area contributed by atoms with Crippen molar-refractivity contribution in [1.82, 2.24) is 5.32 Å². The summed E-state index contributed by atoms with van der Waals surface area (Å²) in [5.41, 5.74) is 5.59. The third kappa shape index (κ3) is 3.82. The van der Waals surface area contributed by atoms with Crippen LogP contribution < -0.4 is 11.1 Å². The Labute approximate surface area is 92.8 Å². The standard InChI is InChI=1S/C12H24N2O/c1-8(2)11(6-13)12(15)14-7-9(3)10-4-5-10/h8-11H,4-7,13H2,1-3H3,(H,14,15). The third-order valence-corrected chi connectivity index (χ3v) is 3.42. The Bertz CT molecular complexity index is 212. The molecule has 0 aromatic rings. The van der Waals surface area contributed by atoms with Gasteiger partial charge in [0.05, 0.1) is 5.92 Å². The molecule has 0 bridgehead atoms. The molecule has 88 valence electrons. The molecule has 1 aliphatic carbocycles. The molecule has 0 radical (unpaired) electrons. The maximum atomic E-state index is 11.8. The quantitative estimate of drug-likeness (QED) is 0.699. The van der Waals surface area contributed by atoms with Crippen LogP contribution in [-0.4, -0.2) is 19.0 Å². The first-order valence-corrected chi connectivity index (χ1v) is 6.04. The number of nitrogens with two attached hydrogens (primary N) is 1. The second kappa shape index (κ2) is 5.50. The van der Waals surface area contributed by atoms with E-state index in [1.807, 2.05) is 13.8 Å². The summed E-state index contributed by atoms with van der Waals surface area (Å²) < 4.78 is 0. The summed E-state index contributed by atoms with van der Waals surface area (Å²) in [5.74, 6) is 1.89. The molecular weight excluding hydrogens is 188 g/mol. The monoisotopic (exact) mass is 212 g/mol. The molecule has 3 N–H and O–H groups in total. The fraction of sp³-hybridized carbons (Fsp3) is 0.917. The van der Waals surface area contributed by atoms with Crippen molar-refractivity contribution in [3.05, 3.63) is 0 Å². The minimum absolute atomic E-state index is 0.0311. The Morgan fingerprint density at radius 3 is 2.40 bits per heavy atom. The summed E-state index contributed by atoms with van der Waals surface area (Å²) >= 11 is 0. The molecule has 0 aromatic carbocycles. The number of hydrogen-bond donors (Lipinski definition) is 2. The van der Waals surface area contributed by atoms with E-state index in [4.69, 9.17) is 5.73 Å². The zero-order valence-corrected chi connectivity index (χ0v) is 10.1. The van der Waals surface area contributed by atoms with Gasteiger partial charge < -0.3 is 11.1 Å². The molecule has 1 fully saturated rings. The van der Waals surface area contributed by atoms with E-state index in [0.29, 0.717) is 18.4 Å². The van der Waals surface area contributed by atoms with Crippen LogP contribution in [0, 0.1) is 23.7 Å². The molecule has 0 aromatic heterocycles. The van der Waals surface area contributed by atoms with Crippen LogP contribution in [0.4, 0.5) is 0 Å². The summed E-state index contributed by atoms with van der Waals surface area (Å²) in [6.07, 6.45) is 2.67. The summed E-state index contributed by atoms with van der Waals surface area (Å²) in [6, 6.07) is 0. The number of carbonyl (C=O) groups is 1. The van der Waals surface area contributed by atoms with Gasteiger partial charge in [0.2, 0.25) is 5.91 Å². The van der Waals surface area contributed by atoms with Crippen molar-refractivity contribution in [2.75, 3.05) is 13.1 Å². The van der Waals surface area contributed by atoms with Crippen molar-refractivity contribution in [1.29, 1.82) is 0 Å². The highest BCUT2D eigenvalue weighted by Crippen LogP contribution is 2.36. The van der Waals surface area contributed by atoms with Gasteiger partial charge in [-0.05, 0) is 30.6 Å². The molecular formula is C12H24N2O. The van der Waals surface area contributed by atoms with Crippen molar-refractivity contribution >= 4 is 5.91 Å². The molecule has 2 unspecified atom stereocenters. The van der Waals surface area contributed by atoms with E-state index >= 15 is 0 Å². The number of nitrogens with one attached hydrogen (secondary N) is 1. The average Bonchev–Trinajstić information content (AvgIpc) is 2.97. The van der Waals surface area contributed by atoms with E-state index in [1.165, 1.54) is 12.8 Å². The lowest BCUT2D eigenvalue weighted by molar-refractivity contribution is -0.126. The Hall–Kier alpha value is -0.570. The van der Waals surface area contributed by atoms with E-state index < -0.39 is 0 Å². The molecule has 0 saturated heterocycles. The van der Waals surface area contributed by atoms with Gasteiger partial charge in [-0.15, -0.1) is 0 Å². The van der Waals surface area contributed by atoms with Gasteiger partial charge in [-0.3, -0.25) is 4.79 Å². The number of carbonyl (C=O) groups excluding carboxylic acids is 1. The maximum absolute atomic E-state index is 11.8. The van der Waals surface area contributed by atoms with Gasteiger partial charge in [0.25, 0.3) is 0 Å². The Kier molecular flexibility index (Phi) is 4.58. The predicted octanol–water partition coefficient (Wildman–Crippen LogP) is 1.38. The summed E-state index contributed by atoms with van der Waals surface area (Å²) in [7, 11) is 0. The Balaban J connectivity index is 2.26. The molecule has 1 amide bonds. The van der Waals surface area contributed by atoms with E-state index in [1.54, 1.807) is 0 Å². The molecule has 0 spiro atoms. The van der Waals surface area contributed by atoms with Gasteiger partial charge in [-0.25, -0.2) is 0 Å². The van der Waals surface area contributed by atoms with Crippen LogP contribution in [0.2, 0.25) is 0 Å². The average molecular weight is 212 g/mol. The van der Waals surface area contributed by atoms with Crippen LogP contribution in [0.15, 0.2) is 0 Å². The Morgan fingerprint density at radius 2 is 2.00 bits per heavy atom. The molecule has 1 rings (SSSR count). The zero-order chi connectivity index (χ0) is 11.4. The molecule has 3 heteroatoms. The lowest BCUT2D eigenvalue weighted by Gasteiger charge is -2.19. The highest BCUT2D eigenvalue weighted by atomic mass is 16.1. The van der Waals surface area contributed by atoms with Gasteiger partial charge in [0, 0.05) is 13.1 Å². The first-order chi connectivity index (χ1) is 7.06. The number of amides is 1. The second-order valence-electron chi connectivity index (χ2n) is 5.15. The lowest BCUT2D eigenvalue weighted by Crippen LogP contribution is -2.39. The number of rotatable bonds is 6. The first kappa shape index (κ1) is 12.5. The van der Waals surface area contributed by atoms with Crippen molar-refractivity contribution in [2.24, 2.45) is 29.4 Å². The first-order valence-electron chi connectivity index (χ1n) is 6.04. The molecule has 0 heterocycles. The van der Waals surface area contributed by atoms with Crippen LogP contribution >= 0.6 is 0 Å². The minimum Gasteiger partial charge on any atom is -0.356 e. The summed E-state index contributed by atoms with van der Waals surface area (Å²) in [5, 5.41) is 3.02. The van der Waals surface area contributed by atoms with E-state index in [2.05, 4.69) is 12.2 Å². The molecule has 2 atom stereocenters. The fourth-order valence-corrected chi connectivity index (χ4v) is 1.91. The maximum Gasteiger partial charge on any atom is 0.224 e. The van der Waals surface area contributed by atoms with Crippen LogP contribution in [0.1, 0.15) is 33.6 Å². The SMILES string of the molecule is CC(C)C(CN)C(=O)NCC(C)C1CC1. The fourth-order valence-electron chi connectivity index (χ4n) is 1.91. The topological polar surface area (TPSA) is 55.1 Å². The van der Waals surface area contributed by atoms with Crippen LogP contribution in [-0.2, 0) is 4.79 Å². The van der Waals surface area contributed by atoms with Crippen LogP contribution in [0.5, 0.6) is 0 Å². The second-order valence-corrected chi connectivity index (χ2v) is 5.15. The van der Waals surface area contributed by atoms with Gasteiger partial charge in [-0.2, -0.15) is 0 Å².